The van der Waals surface area contributed by atoms with Crippen molar-refractivity contribution in [2.75, 3.05) is 10.6 Å². The molecule has 2 N–H and O–H groups in total. The van der Waals surface area contributed by atoms with Crippen LogP contribution < -0.4 is 10.6 Å². The van der Waals surface area contributed by atoms with E-state index >= 15 is 0 Å². The van der Waals surface area contributed by atoms with Crippen molar-refractivity contribution in [3.8, 4) is 5.82 Å². The fourth-order valence-electron chi connectivity index (χ4n) is 2.71. The highest BCUT2D eigenvalue weighted by molar-refractivity contribution is 9.10. The molecule has 0 fully saturated rings. The first-order valence-corrected chi connectivity index (χ1v) is 9.63. The molecule has 150 valence electrons. The SMILES string of the molecule is O=C(Cc1ccc(NC(=O)c2ccc(Br)o2)cc1)Nc1cccnc1-n1cncn1. The Labute approximate surface area is 179 Å². The summed E-state index contributed by atoms with van der Waals surface area (Å²) in [6.45, 7) is 0. The molecule has 0 aliphatic heterocycles. The standard InChI is InChI=1S/C20H15BrN6O3/c21-17-8-7-16(30-17)20(29)25-14-5-3-13(4-6-14)10-18(28)26-15-2-1-9-23-19(15)27-12-22-11-24-27/h1-9,11-12H,10H2,(H,25,29)(H,26,28). The van der Waals surface area contributed by atoms with Crippen LogP contribution in [-0.2, 0) is 11.2 Å². The normalized spacial score (nSPS) is 10.6. The van der Waals surface area contributed by atoms with E-state index in [1.807, 2.05) is 0 Å². The van der Waals surface area contributed by atoms with Crippen LogP contribution in [-0.4, -0.2) is 31.6 Å². The number of rotatable bonds is 6. The Morgan fingerprint density at radius 2 is 1.90 bits per heavy atom. The Kier molecular flexibility index (Phi) is 5.66. The van der Waals surface area contributed by atoms with Gasteiger partial charge in [-0.3, -0.25) is 9.59 Å². The van der Waals surface area contributed by atoms with Crippen molar-refractivity contribution in [2.45, 2.75) is 6.42 Å². The number of carbonyl (C=O) groups is 2. The molecule has 0 atom stereocenters. The minimum Gasteiger partial charge on any atom is -0.444 e. The molecule has 0 bridgehead atoms. The van der Waals surface area contributed by atoms with Gasteiger partial charge in [-0.1, -0.05) is 12.1 Å². The lowest BCUT2D eigenvalue weighted by molar-refractivity contribution is -0.115. The monoisotopic (exact) mass is 466 g/mol. The van der Waals surface area contributed by atoms with Gasteiger partial charge in [-0.25, -0.2) is 14.6 Å². The molecular weight excluding hydrogens is 452 g/mol. The van der Waals surface area contributed by atoms with E-state index in [2.05, 4.69) is 41.6 Å². The predicted molar refractivity (Wildman–Crippen MR) is 112 cm³/mol. The van der Waals surface area contributed by atoms with E-state index in [0.29, 0.717) is 21.9 Å². The molecule has 0 spiro atoms. The fraction of sp³-hybridized carbons (Fsp3) is 0.0500. The van der Waals surface area contributed by atoms with E-state index in [-0.39, 0.29) is 24.0 Å². The summed E-state index contributed by atoms with van der Waals surface area (Å²) in [6, 6.07) is 13.7. The van der Waals surface area contributed by atoms with Gasteiger partial charge >= 0.3 is 0 Å². The van der Waals surface area contributed by atoms with Gasteiger partial charge in [0.05, 0.1) is 12.1 Å². The maximum atomic E-state index is 12.5. The fourth-order valence-corrected chi connectivity index (χ4v) is 3.02. The molecule has 9 nitrogen and oxygen atoms in total. The summed E-state index contributed by atoms with van der Waals surface area (Å²) in [5.74, 6) is 0.112. The topological polar surface area (TPSA) is 115 Å². The zero-order valence-electron chi connectivity index (χ0n) is 15.4. The first kappa shape index (κ1) is 19.5. The van der Waals surface area contributed by atoms with E-state index in [1.165, 1.54) is 17.3 Å². The maximum absolute atomic E-state index is 12.5. The molecular formula is C20H15BrN6O3. The van der Waals surface area contributed by atoms with Crippen molar-refractivity contribution in [3.63, 3.8) is 0 Å². The number of aromatic nitrogens is 4. The molecule has 0 radical (unpaired) electrons. The highest BCUT2D eigenvalue weighted by Gasteiger charge is 2.12. The second kappa shape index (κ2) is 8.70. The minimum absolute atomic E-state index is 0.158. The van der Waals surface area contributed by atoms with E-state index in [4.69, 9.17) is 4.42 Å². The molecule has 4 rings (SSSR count). The van der Waals surface area contributed by atoms with Crippen molar-refractivity contribution in [1.82, 2.24) is 19.7 Å². The van der Waals surface area contributed by atoms with Gasteiger partial charge in [0.25, 0.3) is 5.91 Å². The number of furan rings is 1. The van der Waals surface area contributed by atoms with E-state index in [9.17, 15) is 9.59 Å². The van der Waals surface area contributed by atoms with E-state index in [1.54, 1.807) is 54.7 Å². The summed E-state index contributed by atoms with van der Waals surface area (Å²) in [4.78, 5) is 32.7. The molecule has 2 amide bonds. The first-order valence-electron chi connectivity index (χ1n) is 8.84. The second-order valence-corrected chi connectivity index (χ2v) is 6.98. The summed E-state index contributed by atoms with van der Waals surface area (Å²) in [7, 11) is 0. The zero-order valence-corrected chi connectivity index (χ0v) is 17.0. The number of nitrogens with one attached hydrogen (secondary N) is 2. The first-order chi connectivity index (χ1) is 14.6. The van der Waals surface area contributed by atoms with Crippen molar-refractivity contribution >= 4 is 39.1 Å². The number of halogens is 1. The number of pyridine rings is 1. The van der Waals surface area contributed by atoms with E-state index in [0.717, 1.165) is 5.56 Å². The van der Waals surface area contributed by atoms with Gasteiger partial charge in [-0.05, 0) is 57.9 Å². The third-order valence-corrected chi connectivity index (χ3v) is 4.50. The predicted octanol–water partition coefficient (Wildman–Crippen LogP) is 3.45. The molecule has 10 heteroatoms. The average Bonchev–Trinajstić information content (AvgIpc) is 3.42. The number of benzene rings is 1. The van der Waals surface area contributed by atoms with Gasteiger partial charge in [0.2, 0.25) is 5.91 Å². The number of carbonyl (C=O) groups excluding carboxylic acids is 2. The summed E-state index contributed by atoms with van der Waals surface area (Å²) in [5, 5.41) is 9.62. The largest absolute Gasteiger partial charge is 0.444 e. The molecule has 1 aromatic carbocycles. The summed E-state index contributed by atoms with van der Waals surface area (Å²) in [5.41, 5.74) is 1.91. The lowest BCUT2D eigenvalue weighted by Crippen LogP contribution is -2.17. The number of nitrogens with zero attached hydrogens (tertiary/aromatic N) is 4. The quantitative estimate of drug-likeness (QED) is 0.449. The summed E-state index contributed by atoms with van der Waals surface area (Å²) < 4.78 is 7.18. The zero-order chi connectivity index (χ0) is 20.9. The van der Waals surface area contributed by atoms with Crippen LogP contribution in [0.5, 0.6) is 0 Å². The number of amides is 2. The molecule has 0 saturated heterocycles. The smallest absolute Gasteiger partial charge is 0.291 e. The molecule has 0 unspecified atom stereocenters. The highest BCUT2D eigenvalue weighted by atomic mass is 79.9. The molecule has 0 aliphatic rings. The van der Waals surface area contributed by atoms with Crippen molar-refractivity contribution in [2.24, 2.45) is 0 Å². The molecule has 3 aromatic heterocycles. The van der Waals surface area contributed by atoms with Gasteiger partial charge < -0.3 is 15.1 Å². The number of hydrogen-bond donors (Lipinski definition) is 2. The third-order valence-electron chi connectivity index (χ3n) is 4.07. The van der Waals surface area contributed by atoms with Crippen LogP contribution in [0, 0.1) is 0 Å². The van der Waals surface area contributed by atoms with Gasteiger partial charge in [0.1, 0.15) is 12.7 Å². The Balaban J connectivity index is 1.38. The molecule has 30 heavy (non-hydrogen) atoms. The van der Waals surface area contributed by atoms with Crippen LogP contribution in [0.4, 0.5) is 11.4 Å². The Hall–Kier alpha value is -3.79. The maximum Gasteiger partial charge on any atom is 0.291 e. The van der Waals surface area contributed by atoms with Gasteiger partial charge in [-0.2, -0.15) is 5.10 Å². The van der Waals surface area contributed by atoms with Crippen LogP contribution in [0.15, 0.2) is 76.5 Å². The van der Waals surface area contributed by atoms with Crippen molar-refractivity contribution in [1.29, 1.82) is 0 Å². The lowest BCUT2D eigenvalue weighted by Gasteiger charge is -2.10. The Morgan fingerprint density at radius 1 is 1.07 bits per heavy atom. The molecule has 0 saturated carbocycles. The molecule has 4 aromatic rings. The number of anilines is 2. The lowest BCUT2D eigenvalue weighted by atomic mass is 10.1. The van der Waals surface area contributed by atoms with Crippen molar-refractivity contribution in [3.05, 3.63) is 83.4 Å². The molecule has 3 heterocycles. The second-order valence-electron chi connectivity index (χ2n) is 6.19. The van der Waals surface area contributed by atoms with Crippen LogP contribution in [0.1, 0.15) is 16.1 Å². The Bertz CT molecular complexity index is 1170. The van der Waals surface area contributed by atoms with Crippen molar-refractivity contribution < 1.29 is 14.0 Å². The van der Waals surface area contributed by atoms with Crippen LogP contribution in [0.25, 0.3) is 5.82 Å². The van der Waals surface area contributed by atoms with Crippen LogP contribution >= 0.6 is 15.9 Å². The van der Waals surface area contributed by atoms with Gasteiger partial charge in [-0.15, -0.1) is 0 Å². The average molecular weight is 467 g/mol. The van der Waals surface area contributed by atoms with Gasteiger partial charge in [0, 0.05) is 11.9 Å². The third kappa shape index (κ3) is 4.61. The van der Waals surface area contributed by atoms with Crippen LogP contribution in [0.2, 0.25) is 0 Å². The van der Waals surface area contributed by atoms with E-state index < -0.39 is 0 Å². The minimum atomic E-state index is -0.358. The summed E-state index contributed by atoms with van der Waals surface area (Å²) in [6.07, 6.45) is 4.67. The van der Waals surface area contributed by atoms with Crippen LogP contribution in [0.3, 0.4) is 0 Å². The number of hydrogen-bond acceptors (Lipinski definition) is 6. The highest BCUT2D eigenvalue weighted by Crippen LogP contribution is 2.18. The molecule has 0 aliphatic carbocycles. The summed E-state index contributed by atoms with van der Waals surface area (Å²) >= 11 is 3.16. The Morgan fingerprint density at radius 3 is 2.60 bits per heavy atom. The van der Waals surface area contributed by atoms with Gasteiger partial charge in [0.15, 0.2) is 16.2 Å².